The molecule has 7 nitrogen and oxygen atoms in total. The molecule has 0 saturated heterocycles. The third-order valence-electron chi connectivity index (χ3n) is 4.13. The predicted octanol–water partition coefficient (Wildman–Crippen LogP) is 3.14. The molecule has 0 radical (unpaired) electrons. The molecule has 0 atom stereocenters. The summed E-state index contributed by atoms with van der Waals surface area (Å²) in [6.45, 7) is 4.60. The molecule has 2 aromatic carbocycles. The van der Waals surface area contributed by atoms with Crippen LogP contribution in [0, 0.1) is 13.8 Å². The SMILES string of the molecule is Cc1ccc(Nc2nc(C)cc(NCCc3ccc(S(N)(=O)=O)cc3)n2)cc1. The number of aromatic nitrogens is 2. The molecule has 0 amide bonds. The molecule has 0 aliphatic heterocycles. The average molecular weight is 398 g/mol. The lowest BCUT2D eigenvalue weighted by Crippen LogP contribution is -2.12. The van der Waals surface area contributed by atoms with Crippen LogP contribution in [-0.4, -0.2) is 24.9 Å². The normalized spacial score (nSPS) is 11.2. The maximum atomic E-state index is 11.3. The van der Waals surface area contributed by atoms with E-state index in [4.69, 9.17) is 5.14 Å². The van der Waals surface area contributed by atoms with Crippen molar-refractivity contribution in [1.29, 1.82) is 0 Å². The van der Waals surface area contributed by atoms with E-state index in [0.717, 1.165) is 22.8 Å². The van der Waals surface area contributed by atoms with Crippen LogP contribution in [0.4, 0.5) is 17.5 Å². The van der Waals surface area contributed by atoms with E-state index in [-0.39, 0.29) is 4.90 Å². The van der Waals surface area contributed by atoms with Crippen molar-refractivity contribution >= 4 is 27.5 Å². The lowest BCUT2D eigenvalue weighted by atomic mass is 10.1. The van der Waals surface area contributed by atoms with Crippen LogP contribution < -0.4 is 15.8 Å². The Balaban J connectivity index is 1.61. The van der Waals surface area contributed by atoms with Crippen LogP contribution in [0.15, 0.2) is 59.5 Å². The molecule has 8 heteroatoms. The van der Waals surface area contributed by atoms with Crippen LogP contribution >= 0.6 is 0 Å². The van der Waals surface area contributed by atoms with Crippen LogP contribution in [0.3, 0.4) is 0 Å². The fraction of sp³-hybridized carbons (Fsp3) is 0.200. The number of anilines is 3. The number of hydrogen-bond acceptors (Lipinski definition) is 6. The van der Waals surface area contributed by atoms with Crippen molar-refractivity contribution in [2.75, 3.05) is 17.2 Å². The molecule has 0 aliphatic rings. The van der Waals surface area contributed by atoms with Crippen molar-refractivity contribution in [3.05, 3.63) is 71.4 Å². The molecular weight excluding hydrogens is 374 g/mol. The molecule has 0 fully saturated rings. The Hall–Kier alpha value is -2.97. The van der Waals surface area contributed by atoms with E-state index < -0.39 is 10.0 Å². The second kappa shape index (κ2) is 8.37. The number of sulfonamides is 1. The van der Waals surface area contributed by atoms with Gasteiger partial charge in [0.2, 0.25) is 16.0 Å². The van der Waals surface area contributed by atoms with Gasteiger partial charge in [-0.1, -0.05) is 29.8 Å². The Labute approximate surface area is 165 Å². The second-order valence-electron chi connectivity index (χ2n) is 6.57. The predicted molar refractivity (Wildman–Crippen MR) is 111 cm³/mol. The first-order valence-corrected chi connectivity index (χ1v) is 10.4. The first kappa shape index (κ1) is 19.8. The molecule has 0 spiro atoms. The fourth-order valence-electron chi connectivity index (χ4n) is 2.66. The van der Waals surface area contributed by atoms with Gasteiger partial charge in [-0.15, -0.1) is 0 Å². The summed E-state index contributed by atoms with van der Waals surface area (Å²) in [6.07, 6.45) is 0.717. The fourth-order valence-corrected chi connectivity index (χ4v) is 3.18. The molecule has 0 saturated carbocycles. The van der Waals surface area contributed by atoms with Crippen LogP contribution in [0.25, 0.3) is 0 Å². The summed E-state index contributed by atoms with van der Waals surface area (Å²) >= 11 is 0. The lowest BCUT2D eigenvalue weighted by molar-refractivity contribution is 0.598. The molecular formula is C20H23N5O2S. The molecule has 4 N–H and O–H groups in total. The average Bonchev–Trinajstić information content (AvgIpc) is 2.63. The quantitative estimate of drug-likeness (QED) is 0.565. The Morgan fingerprint density at radius 2 is 1.64 bits per heavy atom. The van der Waals surface area contributed by atoms with Gasteiger partial charge in [0.05, 0.1) is 4.90 Å². The van der Waals surface area contributed by atoms with Crippen molar-refractivity contribution in [2.45, 2.75) is 25.2 Å². The number of primary sulfonamides is 1. The summed E-state index contributed by atoms with van der Waals surface area (Å²) in [5.41, 5.74) is 3.97. The van der Waals surface area contributed by atoms with Gasteiger partial charge in [-0.05, 0) is 50.1 Å². The van der Waals surface area contributed by atoms with Gasteiger partial charge in [-0.25, -0.2) is 18.5 Å². The highest BCUT2D eigenvalue weighted by molar-refractivity contribution is 7.89. The second-order valence-corrected chi connectivity index (χ2v) is 8.14. The summed E-state index contributed by atoms with van der Waals surface area (Å²) in [7, 11) is -3.66. The Morgan fingerprint density at radius 1 is 0.964 bits per heavy atom. The molecule has 146 valence electrons. The molecule has 28 heavy (non-hydrogen) atoms. The van der Waals surface area contributed by atoms with Gasteiger partial charge in [0.15, 0.2) is 0 Å². The minimum absolute atomic E-state index is 0.113. The molecule has 0 unspecified atom stereocenters. The van der Waals surface area contributed by atoms with Crippen LogP contribution in [0.5, 0.6) is 0 Å². The van der Waals surface area contributed by atoms with Gasteiger partial charge in [0.1, 0.15) is 5.82 Å². The van der Waals surface area contributed by atoms with Crippen molar-refractivity contribution < 1.29 is 8.42 Å². The first-order valence-electron chi connectivity index (χ1n) is 8.84. The van der Waals surface area contributed by atoms with Gasteiger partial charge in [-0.3, -0.25) is 0 Å². The van der Waals surface area contributed by atoms with Crippen molar-refractivity contribution in [3.8, 4) is 0 Å². The molecule has 0 aliphatic carbocycles. The number of nitrogens with one attached hydrogen (secondary N) is 2. The monoisotopic (exact) mass is 397 g/mol. The van der Waals surface area contributed by atoms with E-state index in [9.17, 15) is 8.42 Å². The largest absolute Gasteiger partial charge is 0.370 e. The lowest BCUT2D eigenvalue weighted by Gasteiger charge is -2.10. The van der Waals surface area contributed by atoms with Crippen molar-refractivity contribution in [1.82, 2.24) is 9.97 Å². The minimum atomic E-state index is -3.66. The number of hydrogen-bond donors (Lipinski definition) is 3. The Morgan fingerprint density at radius 3 is 2.29 bits per heavy atom. The Kier molecular flexibility index (Phi) is 5.91. The van der Waals surface area contributed by atoms with Gasteiger partial charge in [0.25, 0.3) is 0 Å². The van der Waals surface area contributed by atoms with Crippen LogP contribution in [0.2, 0.25) is 0 Å². The highest BCUT2D eigenvalue weighted by Gasteiger charge is 2.07. The van der Waals surface area contributed by atoms with E-state index >= 15 is 0 Å². The van der Waals surface area contributed by atoms with Crippen molar-refractivity contribution in [2.24, 2.45) is 5.14 Å². The summed E-state index contributed by atoms with van der Waals surface area (Å²) in [6, 6.07) is 16.5. The number of rotatable bonds is 7. The minimum Gasteiger partial charge on any atom is -0.370 e. The van der Waals surface area contributed by atoms with Gasteiger partial charge in [-0.2, -0.15) is 4.98 Å². The topological polar surface area (TPSA) is 110 Å². The number of benzene rings is 2. The maximum Gasteiger partial charge on any atom is 0.238 e. The number of aryl methyl sites for hydroxylation is 2. The third kappa shape index (κ3) is 5.51. The summed E-state index contributed by atoms with van der Waals surface area (Å²) in [4.78, 5) is 9.03. The van der Waals surface area contributed by atoms with E-state index in [1.165, 1.54) is 17.7 Å². The van der Waals surface area contributed by atoms with E-state index in [1.807, 2.05) is 44.2 Å². The summed E-state index contributed by atoms with van der Waals surface area (Å²) in [5.74, 6) is 1.26. The van der Waals surface area contributed by atoms with E-state index in [2.05, 4.69) is 20.6 Å². The zero-order chi connectivity index (χ0) is 20.1. The molecule has 1 heterocycles. The molecule has 3 aromatic rings. The zero-order valence-electron chi connectivity index (χ0n) is 15.8. The maximum absolute atomic E-state index is 11.3. The van der Waals surface area contributed by atoms with Gasteiger partial charge < -0.3 is 10.6 Å². The highest BCUT2D eigenvalue weighted by atomic mass is 32.2. The molecule has 0 bridgehead atoms. The zero-order valence-corrected chi connectivity index (χ0v) is 16.6. The van der Waals surface area contributed by atoms with E-state index in [1.54, 1.807) is 12.1 Å². The smallest absolute Gasteiger partial charge is 0.238 e. The first-order chi connectivity index (χ1) is 13.3. The van der Waals surface area contributed by atoms with Crippen LogP contribution in [-0.2, 0) is 16.4 Å². The summed E-state index contributed by atoms with van der Waals surface area (Å²) < 4.78 is 22.6. The van der Waals surface area contributed by atoms with E-state index in [0.29, 0.717) is 18.9 Å². The highest BCUT2D eigenvalue weighted by Crippen LogP contribution is 2.16. The third-order valence-corrected chi connectivity index (χ3v) is 5.06. The standard InChI is InChI=1S/C20H23N5O2S/c1-14-3-7-17(8-4-14)24-20-23-15(2)13-19(25-20)22-12-11-16-5-9-18(10-6-16)28(21,26)27/h3-10,13H,11-12H2,1-2H3,(H2,21,26,27)(H2,22,23,24,25). The van der Waals surface area contributed by atoms with Gasteiger partial charge >= 0.3 is 0 Å². The number of nitrogens with two attached hydrogens (primary N) is 1. The van der Waals surface area contributed by atoms with Gasteiger partial charge in [0, 0.05) is 24.0 Å². The molecule has 3 rings (SSSR count). The summed E-state index contributed by atoms with van der Waals surface area (Å²) in [5, 5.41) is 11.6. The van der Waals surface area contributed by atoms with Crippen LogP contribution in [0.1, 0.15) is 16.8 Å². The Bertz CT molecular complexity index is 1050. The molecule has 1 aromatic heterocycles. The van der Waals surface area contributed by atoms with Crippen molar-refractivity contribution in [3.63, 3.8) is 0 Å². The number of nitrogens with zero attached hydrogens (tertiary/aromatic N) is 2.